The minimum Gasteiger partial charge on any atom is -0.381 e. The van der Waals surface area contributed by atoms with Gasteiger partial charge in [0.15, 0.2) is 0 Å². The van der Waals surface area contributed by atoms with Gasteiger partial charge in [0.2, 0.25) is 0 Å². The van der Waals surface area contributed by atoms with Crippen LogP contribution in [-0.2, 0) is 23.1 Å². The van der Waals surface area contributed by atoms with Crippen molar-refractivity contribution >= 4 is 7.82 Å². The monoisotopic (exact) mass is 730 g/mol. The van der Waals surface area contributed by atoms with Crippen LogP contribution in [0, 0.1) is 17.2 Å². The molecule has 8 heteroatoms. The number of hydrogen-bond acceptors (Lipinski definition) is 6. The normalized spacial score (nSPS) is 13.4. The van der Waals surface area contributed by atoms with E-state index in [1.165, 1.54) is 186 Å². The highest BCUT2D eigenvalue weighted by Gasteiger charge is 2.23. The second-order valence-electron chi connectivity index (χ2n) is 14.8. The molecule has 0 saturated carbocycles. The van der Waals surface area contributed by atoms with Crippen molar-refractivity contribution in [1.82, 2.24) is 0 Å². The molecule has 0 heterocycles. The lowest BCUT2D eigenvalue weighted by molar-refractivity contribution is 0.0115. The molecule has 0 amide bonds. The fourth-order valence-electron chi connectivity index (χ4n) is 6.42. The Morgan fingerprint density at radius 3 is 1.06 bits per heavy atom. The van der Waals surface area contributed by atoms with Gasteiger partial charge in [-0.05, 0) is 12.8 Å². The number of rotatable bonds is 43. The first kappa shape index (κ1) is 49.5. The summed E-state index contributed by atoms with van der Waals surface area (Å²) in [5.74, 6) is -0.146. The zero-order valence-corrected chi connectivity index (χ0v) is 34.2. The lowest BCUT2D eigenvalue weighted by Crippen LogP contribution is -2.22. The van der Waals surface area contributed by atoms with Gasteiger partial charge in [0.25, 0.3) is 0 Å². The summed E-state index contributed by atoms with van der Waals surface area (Å²) in [5.41, 5.74) is 0. The number of ether oxygens (including phenoxy) is 2. The molecule has 1 N–H and O–H groups in total. The fraction of sp³-hybridized carbons (Fsp3) is 0.976. The van der Waals surface area contributed by atoms with Crippen LogP contribution in [0.3, 0.4) is 0 Å². The van der Waals surface area contributed by atoms with Crippen LogP contribution in [0.2, 0.25) is 0 Å². The van der Waals surface area contributed by atoms with Crippen LogP contribution in [0.4, 0.5) is 0 Å². The quantitative estimate of drug-likeness (QED) is 0.0493. The molecule has 2 atom stereocenters. The Kier molecular flexibility index (Phi) is 40.9. The van der Waals surface area contributed by atoms with Crippen molar-refractivity contribution in [1.29, 1.82) is 5.26 Å². The summed E-state index contributed by atoms with van der Waals surface area (Å²) in [6.07, 6.45) is 41.6. The molecule has 7 nitrogen and oxygen atoms in total. The third-order valence-electron chi connectivity index (χ3n) is 9.68. The van der Waals surface area contributed by atoms with E-state index in [-0.39, 0.29) is 25.6 Å². The summed E-state index contributed by atoms with van der Waals surface area (Å²) in [5, 5.41) is 8.66. The summed E-state index contributed by atoms with van der Waals surface area (Å²) in [6, 6.07) is 1.90. The van der Waals surface area contributed by atoms with E-state index in [0.29, 0.717) is 26.4 Å². The predicted molar refractivity (Wildman–Crippen MR) is 212 cm³/mol. The number of hydrogen-bond donors (Lipinski definition) is 1. The molecule has 0 saturated heterocycles. The maximum Gasteiger partial charge on any atom is 0.472 e. The topological polar surface area (TPSA) is 98.0 Å². The van der Waals surface area contributed by atoms with Gasteiger partial charge in [0, 0.05) is 19.1 Å². The second kappa shape index (κ2) is 41.3. The largest absolute Gasteiger partial charge is 0.472 e. The van der Waals surface area contributed by atoms with E-state index in [0.717, 1.165) is 12.8 Å². The van der Waals surface area contributed by atoms with E-state index in [1.54, 1.807) is 0 Å². The number of nitriles is 1. The number of unbranched alkanes of at least 4 members (excludes halogenated alkanes) is 29. The Balaban J connectivity index is 3.91. The van der Waals surface area contributed by atoms with Crippen LogP contribution < -0.4 is 0 Å². The van der Waals surface area contributed by atoms with Gasteiger partial charge in [-0.25, -0.2) is 4.57 Å². The maximum absolute atomic E-state index is 12.2. The average Bonchev–Trinajstić information content (AvgIpc) is 3.11. The van der Waals surface area contributed by atoms with Crippen molar-refractivity contribution in [2.24, 2.45) is 5.92 Å². The predicted octanol–water partition coefficient (Wildman–Crippen LogP) is 13.8. The Hall–Kier alpha value is -0.480. The van der Waals surface area contributed by atoms with Gasteiger partial charge in [-0.15, -0.1) is 0 Å². The molecule has 0 fully saturated rings. The molecule has 50 heavy (non-hydrogen) atoms. The first-order valence-electron chi connectivity index (χ1n) is 21.7. The standard InChI is InChI=1S/C42H84NO6P/c1-3-5-7-9-11-13-15-17-19-21-23-25-27-29-31-33-37-47-40-42(41-49-50(44,45)48-38-34-35-43)39-46-36-32-30-28-26-24-22-20-18-16-14-12-10-8-6-4-2/h42H,3-34,36-41H2,1-2H3,(H,44,45). The fourth-order valence-corrected chi connectivity index (χ4v) is 7.21. The van der Waals surface area contributed by atoms with E-state index >= 15 is 0 Å². The minimum absolute atomic E-state index is 0.0259. The summed E-state index contributed by atoms with van der Waals surface area (Å²) >= 11 is 0. The average molecular weight is 730 g/mol. The van der Waals surface area contributed by atoms with Crippen molar-refractivity contribution in [2.75, 3.05) is 39.6 Å². The van der Waals surface area contributed by atoms with Gasteiger partial charge < -0.3 is 14.4 Å². The highest BCUT2D eigenvalue weighted by Crippen LogP contribution is 2.43. The van der Waals surface area contributed by atoms with Gasteiger partial charge in [0.1, 0.15) is 0 Å². The molecule has 0 aliphatic heterocycles. The van der Waals surface area contributed by atoms with E-state index in [2.05, 4.69) is 13.8 Å². The van der Waals surface area contributed by atoms with Gasteiger partial charge in [0.05, 0.1) is 38.9 Å². The summed E-state index contributed by atoms with van der Waals surface area (Å²) in [4.78, 5) is 9.96. The Labute approximate surface area is 311 Å². The van der Waals surface area contributed by atoms with Crippen LogP contribution in [0.5, 0.6) is 0 Å². The minimum atomic E-state index is -4.19. The molecule has 0 radical (unpaired) electrons. The zero-order valence-electron chi connectivity index (χ0n) is 33.3. The van der Waals surface area contributed by atoms with Gasteiger partial charge in [-0.2, -0.15) is 5.26 Å². The SMILES string of the molecule is CCCCCCCCCCCCCCCCCCOCC(COCCCCCCCCCCCCCCCCC)COP(=O)(O)OCCC#N. The number of phosphoric ester groups is 1. The zero-order chi connectivity index (χ0) is 36.5. The molecular weight excluding hydrogens is 645 g/mol. The third-order valence-corrected chi connectivity index (χ3v) is 10.7. The Morgan fingerprint density at radius 1 is 0.460 bits per heavy atom. The molecule has 0 spiro atoms. The summed E-state index contributed by atoms with van der Waals surface area (Å²) in [7, 11) is -4.19. The van der Waals surface area contributed by atoms with Crippen LogP contribution in [0.1, 0.15) is 219 Å². The van der Waals surface area contributed by atoms with E-state index in [4.69, 9.17) is 23.8 Å². The Bertz CT molecular complexity index is 748. The molecule has 298 valence electrons. The third kappa shape index (κ3) is 40.3. The summed E-state index contributed by atoms with van der Waals surface area (Å²) < 4.78 is 34.2. The molecule has 2 unspecified atom stereocenters. The van der Waals surface area contributed by atoms with Crippen molar-refractivity contribution in [2.45, 2.75) is 219 Å². The second-order valence-corrected chi connectivity index (χ2v) is 16.2. The molecular formula is C42H84NO6P. The van der Waals surface area contributed by atoms with Crippen molar-refractivity contribution in [3.8, 4) is 6.07 Å². The lowest BCUT2D eigenvalue weighted by atomic mass is 10.0. The smallest absolute Gasteiger partial charge is 0.381 e. The van der Waals surface area contributed by atoms with Crippen LogP contribution >= 0.6 is 7.82 Å². The number of nitrogens with zero attached hydrogens (tertiary/aromatic N) is 1. The van der Waals surface area contributed by atoms with Crippen molar-refractivity contribution in [3.05, 3.63) is 0 Å². The number of phosphoric acid groups is 1. The molecule has 0 aliphatic rings. The van der Waals surface area contributed by atoms with Gasteiger partial charge >= 0.3 is 7.82 Å². The van der Waals surface area contributed by atoms with E-state index < -0.39 is 7.82 Å². The maximum atomic E-state index is 12.2. The summed E-state index contributed by atoms with van der Waals surface area (Å²) in [6.45, 7) is 6.68. The molecule has 0 aromatic heterocycles. The van der Waals surface area contributed by atoms with Crippen molar-refractivity contribution < 1.29 is 28.0 Å². The molecule has 0 rings (SSSR count). The van der Waals surface area contributed by atoms with E-state index in [9.17, 15) is 9.46 Å². The first-order valence-corrected chi connectivity index (χ1v) is 23.2. The van der Waals surface area contributed by atoms with Crippen molar-refractivity contribution in [3.63, 3.8) is 0 Å². The van der Waals surface area contributed by atoms with Crippen LogP contribution in [-0.4, -0.2) is 44.5 Å². The van der Waals surface area contributed by atoms with Crippen LogP contribution in [0.25, 0.3) is 0 Å². The van der Waals surface area contributed by atoms with Gasteiger partial charge in [-0.3, -0.25) is 9.05 Å². The highest BCUT2D eigenvalue weighted by molar-refractivity contribution is 7.47. The van der Waals surface area contributed by atoms with Gasteiger partial charge in [-0.1, -0.05) is 200 Å². The molecule has 0 aromatic rings. The molecule has 0 aliphatic carbocycles. The Morgan fingerprint density at radius 2 is 0.760 bits per heavy atom. The van der Waals surface area contributed by atoms with Crippen LogP contribution in [0.15, 0.2) is 0 Å². The first-order chi connectivity index (χ1) is 24.6. The molecule has 0 bridgehead atoms. The molecule has 0 aromatic carbocycles. The van der Waals surface area contributed by atoms with E-state index in [1.807, 2.05) is 6.07 Å². The lowest BCUT2D eigenvalue weighted by Gasteiger charge is -2.19. The highest BCUT2D eigenvalue weighted by atomic mass is 31.2.